The van der Waals surface area contributed by atoms with E-state index in [9.17, 15) is 19.2 Å². The van der Waals surface area contributed by atoms with Gasteiger partial charge in [0.2, 0.25) is 5.75 Å². The lowest BCUT2D eigenvalue weighted by Gasteiger charge is -2.16. The number of rotatable bonds is 16. The minimum atomic E-state index is -0.715. The van der Waals surface area contributed by atoms with Crippen LogP contribution in [0.25, 0.3) is 0 Å². The lowest BCUT2D eigenvalue weighted by atomic mass is 10.1. The van der Waals surface area contributed by atoms with Crippen LogP contribution in [-0.2, 0) is 19.1 Å². The largest absolute Gasteiger partial charge is 0.465 e. The van der Waals surface area contributed by atoms with Crippen molar-refractivity contribution in [3.8, 4) is 17.2 Å². The third-order valence-corrected chi connectivity index (χ3v) is 5.06. The van der Waals surface area contributed by atoms with E-state index < -0.39 is 23.9 Å². The van der Waals surface area contributed by atoms with Gasteiger partial charge in [0.25, 0.3) is 0 Å². The fraction of sp³-hybridized carbons (Fsp3) is 0.615. The highest BCUT2D eigenvalue weighted by molar-refractivity contribution is 5.92. The Balaban J connectivity index is 3.31. The monoisotopic (exact) mass is 478 g/mol. The SMILES string of the molecule is CCCCCC(=O)Oc1cc(C(=O)OC)cc(OC(=O)CCCCC)c1OC(=O)CCCCC. The summed E-state index contributed by atoms with van der Waals surface area (Å²) in [7, 11) is 1.21. The normalized spacial score (nSPS) is 10.5. The number of unbranched alkanes of at least 4 members (excludes halogenated alkanes) is 6. The zero-order valence-corrected chi connectivity index (χ0v) is 20.9. The Morgan fingerprint density at radius 1 is 0.618 bits per heavy atom. The molecule has 0 heterocycles. The van der Waals surface area contributed by atoms with Gasteiger partial charge in [0.15, 0.2) is 11.5 Å². The number of ether oxygens (including phenoxy) is 4. The molecule has 0 saturated carbocycles. The number of esters is 4. The van der Waals surface area contributed by atoms with Crippen LogP contribution in [0.5, 0.6) is 17.2 Å². The van der Waals surface area contributed by atoms with Crippen molar-refractivity contribution >= 4 is 23.9 Å². The number of hydrogen-bond donors (Lipinski definition) is 0. The third-order valence-electron chi connectivity index (χ3n) is 5.06. The van der Waals surface area contributed by atoms with Crippen LogP contribution in [0.1, 0.15) is 108 Å². The van der Waals surface area contributed by atoms with Gasteiger partial charge in [-0.3, -0.25) is 14.4 Å². The average molecular weight is 479 g/mol. The molecule has 0 amide bonds. The van der Waals surface area contributed by atoms with Gasteiger partial charge < -0.3 is 18.9 Å². The minimum absolute atomic E-state index is 0.000924. The molecule has 0 N–H and O–H groups in total. The summed E-state index contributed by atoms with van der Waals surface area (Å²) in [6.45, 7) is 6.05. The predicted octanol–water partition coefficient (Wildman–Crippen LogP) is 5.93. The van der Waals surface area contributed by atoms with Gasteiger partial charge >= 0.3 is 23.9 Å². The average Bonchev–Trinajstić information content (AvgIpc) is 2.80. The summed E-state index contributed by atoms with van der Waals surface area (Å²) in [4.78, 5) is 49.5. The molecule has 34 heavy (non-hydrogen) atoms. The Bertz CT molecular complexity index is 770. The van der Waals surface area contributed by atoms with E-state index in [4.69, 9.17) is 18.9 Å². The minimum Gasteiger partial charge on any atom is -0.465 e. The molecule has 1 aromatic rings. The number of carbonyl (C=O) groups excluding carboxylic acids is 4. The van der Waals surface area contributed by atoms with Crippen molar-refractivity contribution in [1.82, 2.24) is 0 Å². The molecule has 0 bridgehead atoms. The van der Waals surface area contributed by atoms with E-state index in [1.54, 1.807) is 0 Å². The van der Waals surface area contributed by atoms with Crippen molar-refractivity contribution in [2.45, 2.75) is 97.8 Å². The molecule has 190 valence electrons. The van der Waals surface area contributed by atoms with Crippen molar-refractivity contribution in [2.75, 3.05) is 7.11 Å². The number of hydrogen-bond acceptors (Lipinski definition) is 8. The van der Waals surface area contributed by atoms with Crippen LogP contribution in [0, 0.1) is 0 Å². The molecule has 0 spiro atoms. The Kier molecular flexibility index (Phi) is 14.3. The van der Waals surface area contributed by atoms with Crippen molar-refractivity contribution in [3.05, 3.63) is 17.7 Å². The zero-order chi connectivity index (χ0) is 25.3. The highest BCUT2D eigenvalue weighted by Gasteiger charge is 2.24. The Labute approximate surface area is 202 Å². The molecular weight excluding hydrogens is 440 g/mol. The van der Waals surface area contributed by atoms with Gasteiger partial charge in [-0.1, -0.05) is 59.3 Å². The molecule has 0 aliphatic carbocycles. The second-order valence-electron chi connectivity index (χ2n) is 8.09. The first-order valence-corrected chi connectivity index (χ1v) is 12.2. The van der Waals surface area contributed by atoms with Gasteiger partial charge in [-0.05, 0) is 31.4 Å². The standard InChI is InChI=1S/C26H38O8/c1-5-8-11-14-22(27)32-20-17-19(26(30)31-4)18-21(33-23(28)15-12-9-6-2)25(20)34-24(29)16-13-10-7-3/h17-18H,5-16H2,1-4H3. The molecule has 1 aromatic carbocycles. The molecule has 0 aliphatic heterocycles. The smallest absolute Gasteiger partial charge is 0.338 e. The first-order chi connectivity index (χ1) is 16.4. The Morgan fingerprint density at radius 3 is 1.35 bits per heavy atom. The van der Waals surface area contributed by atoms with Crippen LogP contribution in [0.3, 0.4) is 0 Å². The predicted molar refractivity (Wildman–Crippen MR) is 127 cm³/mol. The van der Waals surface area contributed by atoms with Crippen molar-refractivity contribution in [3.63, 3.8) is 0 Å². The molecule has 8 heteroatoms. The van der Waals surface area contributed by atoms with E-state index in [1.807, 2.05) is 20.8 Å². The second-order valence-corrected chi connectivity index (χ2v) is 8.09. The van der Waals surface area contributed by atoms with Gasteiger partial charge in [0.1, 0.15) is 0 Å². The molecule has 0 radical (unpaired) electrons. The molecule has 8 nitrogen and oxygen atoms in total. The van der Waals surface area contributed by atoms with E-state index in [1.165, 1.54) is 19.2 Å². The third kappa shape index (κ3) is 10.8. The van der Waals surface area contributed by atoms with Crippen LogP contribution >= 0.6 is 0 Å². The summed E-state index contributed by atoms with van der Waals surface area (Å²) in [5.41, 5.74) is 0.000924. The molecule has 0 aromatic heterocycles. The van der Waals surface area contributed by atoms with Crippen molar-refractivity contribution < 1.29 is 38.1 Å². The molecule has 0 fully saturated rings. The molecular formula is C26H38O8. The van der Waals surface area contributed by atoms with E-state index >= 15 is 0 Å². The Hall–Kier alpha value is -2.90. The summed E-state index contributed by atoms with van der Waals surface area (Å²) in [6, 6.07) is 2.51. The van der Waals surface area contributed by atoms with Crippen LogP contribution in [-0.4, -0.2) is 31.0 Å². The lowest BCUT2D eigenvalue weighted by Crippen LogP contribution is -2.16. The number of methoxy groups -OCH3 is 1. The van der Waals surface area contributed by atoms with Crippen molar-refractivity contribution in [2.24, 2.45) is 0 Å². The van der Waals surface area contributed by atoms with E-state index in [-0.39, 0.29) is 42.1 Å². The van der Waals surface area contributed by atoms with Gasteiger partial charge in [0, 0.05) is 19.3 Å². The summed E-state index contributed by atoms with van der Waals surface area (Å²) in [5.74, 6) is -2.87. The fourth-order valence-corrected chi connectivity index (χ4v) is 3.13. The zero-order valence-electron chi connectivity index (χ0n) is 20.9. The summed E-state index contributed by atoms with van der Waals surface area (Å²) in [6.07, 6.45) is 7.75. The topological polar surface area (TPSA) is 105 Å². The first-order valence-electron chi connectivity index (χ1n) is 12.2. The maximum absolute atomic E-state index is 12.5. The van der Waals surface area contributed by atoms with Crippen LogP contribution in [0.2, 0.25) is 0 Å². The van der Waals surface area contributed by atoms with Crippen LogP contribution < -0.4 is 14.2 Å². The van der Waals surface area contributed by atoms with Crippen LogP contribution in [0.4, 0.5) is 0 Å². The number of benzene rings is 1. The highest BCUT2D eigenvalue weighted by Crippen LogP contribution is 2.40. The molecule has 0 unspecified atom stereocenters. The van der Waals surface area contributed by atoms with E-state index in [2.05, 4.69) is 0 Å². The molecule has 0 atom stereocenters. The van der Waals surface area contributed by atoms with Crippen molar-refractivity contribution in [1.29, 1.82) is 0 Å². The summed E-state index contributed by atoms with van der Waals surface area (Å²) < 4.78 is 21.2. The van der Waals surface area contributed by atoms with Gasteiger partial charge in [0.05, 0.1) is 12.7 Å². The molecule has 1 rings (SSSR count). The number of carbonyl (C=O) groups is 4. The Morgan fingerprint density at radius 2 is 1.00 bits per heavy atom. The summed E-state index contributed by atoms with van der Waals surface area (Å²) >= 11 is 0. The van der Waals surface area contributed by atoms with Gasteiger partial charge in [-0.25, -0.2) is 4.79 Å². The lowest BCUT2D eigenvalue weighted by molar-refractivity contribution is -0.138. The fourth-order valence-electron chi connectivity index (χ4n) is 3.13. The van der Waals surface area contributed by atoms with Gasteiger partial charge in [-0.2, -0.15) is 0 Å². The summed E-state index contributed by atoms with van der Waals surface area (Å²) in [5, 5.41) is 0. The molecule has 0 saturated heterocycles. The quantitative estimate of drug-likeness (QED) is 0.163. The van der Waals surface area contributed by atoms with E-state index in [0.717, 1.165) is 38.5 Å². The molecule has 0 aliphatic rings. The van der Waals surface area contributed by atoms with Gasteiger partial charge in [-0.15, -0.1) is 0 Å². The second kappa shape index (κ2) is 16.7. The maximum Gasteiger partial charge on any atom is 0.338 e. The van der Waals surface area contributed by atoms with E-state index in [0.29, 0.717) is 19.3 Å². The maximum atomic E-state index is 12.5. The van der Waals surface area contributed by atoms with Crippen LogP contribution in [0.15, 0.2) is 12.1 Å². The highest BCUT2D eigenvalue weighted by atomic mass is 16.6. The first kappa shape index (κ1) is 29.1.